The number of benzene rings is 1. The summed E-state index contributed by atoms with van der Waals surface area (Å²) in [4.78, 5) is 21.9. The van der Waals surface area contributed by atoms with Crippen molar-refractivity contribution in [3.8, 4) is 0 Å². The molecule has 0 aliphatic heterocycles. The molecule has 29 heavy (non-hydrogen) atoms. The quantitative estimate of drug-likeness (QED) is 0.578. The van der Waals surface area contributed by atoms with Gasteiger partial charge in [-0.25, -0.2) is 0 Å². The molecular weight excluding hydrogens is 380 g/mol. The molecule has 0 fully saturated rings. The Bertz CT molecular complexity index is 1030. The third-order valence-corrected chi connectivity index (χ3v) is 5.20. The maximum Gasteiger partial charge on any atom is 0.253 e. The zero-order valence-corrected chi connectivity index (χ0v) is 18.1. The summed E-state index contributed by atoms with van der Waals surface area (Å²) >= 11 is 5.65. The van der Waals surface area contributed by atoms with Gasteiger partial charge in [0.1, 0.15) is 0 Å². The highest BCUT2D eigenvalue weighted by Gasteiger charge is 2.14. The van der Waals surface area contributed by atoms with Gasteiger partial charge in [0.15, 0.2) is 5.11 Å². The number of H-pyrrole nitrogens is 1. The van der Waals surface area contributed by atoms with E-state index >= 15 is 0 Å². The normalized spacial score (nSPS) is 11.0. The Labute approximate surface area is 177 Å². The van der Waals surface area contributed by atoms with Gasteiger partial charge >= 0.3 is 0 Å². The van der Waals surface area contributed by atoms with Crippen molar-refractivity contribution in [3.05, 3.63) is 75.8 Å². The van der Waals surface area contributed by atoms with Crippen LogP contribution in [0.15, 0.2) is 53.6 Å². The molecule has 0 saturated heterocycles. The van der Waals surface area contributed by atoms with Gasteiger partial charge in [0, 0.05) is 36.6 Å². The van der Waals surface area contributed by atoms with E-state index in [2.05, 4.69) is 48.2 Å². The van der Waals surface area contributed by atoms with Crippen LogP contribution in [0.25, 0.3) is 10.9 Å². The van der Waals surface area contributed by atoms with Crippen molar-refractivity contribution in [2.45, 2.75) is 40.3 Å². The van der Waals surface area contributed by atoms with E-state index in [-0.39, 0.29) is 5.56 Å². The van der Waals surface area contributed by atoms with Crippen LogP contribution in [0.4, 0.5) is 0 Å². The second-order valence-corrected chi connectivity index (χ2v) is 8.08. The highest BCUT2D eigenvalue weighted by atomic mass is 32.1. The molecule has 0 atom stereocenters. The third kappa shape index (κ3) is 5.64. The SMILES string of the molecule is CCc1ccc2[nH]c(=O)c(CN(Cc3cccnc3)C(=S)NCC(C)C)cc2c1. The molecule has 0 amide bonds. The van der Waals surface area contributed by atoms with E-state index in [0.29, 0.717) is 29.7 Å². The summed E-state index contributed by atoms with van der Waals surface area (Å²) in [6.07, 6.45) is 4.54. The Morgan fingerprint density at radius 2 is 2.03 bits per heavy atom. The third-order valence-electron chi connectivity index (χ3n) is 4.80. The van der Waals surface area contributed by atoms with Gasteiger partial charge in [-0.2, -0.15) is 0 Å². The van der Waals surface area contributed by atoms with Crippen molar-refractivity contribution in [3.63, 3.8) is 0 Å². The van der Waals surface area contributed by atoms with E-state index in [9.17, 15) is 4.79 Å². The van der Waals surface area contributed by atoms with E-state index in [1.807, 2.05) is 35.4 Å². The zero-order chi connectivity index (χ0) is 20.8. The molecule has 0 spiro atoms. The molecule has 6 heteroatoms. The number of hydrogen-bond donors (Lipinski definition) is 2. The first-order chi connectivity index (χ1) is 14.0. The van der Waals surface area contributed by atoms with Gasteiger partial charge in [-0.15, -0.1) is 0 Å². The molecule has 0 radical (unpaired) electrons. The van der Waals surface area contributed by atoms with Crippen LogP contribution in [0.2, 0.25) is 0 Å². The van der Waals surface area contributed by atoms with E-state index in [0.717, 1.165) is 29.4 Å². The number of fused-ring (bicyclic) bond motifs is 1. The molecule has 0 bridgehead atoms. The molecule has 0 saturated carbocycles. The largest absolute Gasteiger partial charge is 0.362 e. The lowest BCUT2D eigenvalue weighted by molar-refractivity contribution is 0.393. The van der Waals surface area contributed by atoms with Crippen LogP contribution >= 0.6 is 12.2 Å². The van der Waals surface area contributed by atoms with E-state index < -0.39 is 0 Å². The fraction of sp³-hybridized carbons (Fsp3) is 0.348. The molecule has 3 aromatic rings. The number of hydrogen-bond acceptors (Lipinski definition) is 3. The fourth-order valence-electron chi connectivity index (χ4n) is 3.16. The Morgan fingerprint density at radius 1 is 1.21 bits per heavy atom. The van der Waals surface area contributed by atoms with Gasteiger partial charge in [-0.3, -0.25) is 9.78 Å². The van der Waals surface area contributed by atoms with Crippen LogP contribution in [0.5, 0.6) is 0 Å². The number of pyridine rings is 2. The van der Waals surface area contributed by atoms with Gasteiger partial charge in [-0.05, 0) is 65.3 Å². The minimum absolute atomic E-state index is 0.0791. The minimum Gasteiger partial charge on any atom is -0.362 e. The minimum atomic E-state index is -0.0791. The highest BCUT2D eigenvalue weighted by molar-refractivity contribution is 7.80. The Kier molecular flexibility index (Phi) is 6.99. The first-order valence-corrected chi connectivity index (χ1v) is 10.4. The van der Waals surface area contributed by atoms with Gasteiger partial charge < -0.3 is 15.2 Å². The van der Waals surface area contributed by atoms with Gasteiger partial charge in [0.25, 0.3) is 5.56 Å². The Hall–Kier alpha value is -2.73. The molecule has 2 aromatic heterocycles. The molecule has 2 N–H and O–H groups in total. The number of aromatic amines is 1. The van der Waals surface area contributed by atoms with Crippen molar-refractivity contribution in [1.82, 2.24) is 20.2 Å². The number of nitrogens with zero attached hydrogens (tertiary/aromatic N) is 2. The summed E-state index contributed by atoms with van der Waals surface area (Å²) in [6, 6.07) is 12.1. The number of rotatable bonds is 7. The maximum absolute atomic E-state index is 12.7. The molecule has 3 rings (SSSR count). The van der Waals surface area contributed by atoms with Crippen LogP contribution in [-0.2, 0) is 19.5 Å². The Balaban J connectivity index is 1.90. The van der Waals surface area contributed by atoms with Gasteiger partial charge in [0.05, 0.1) is 6.54 Å². The average Bonchev–Trinajstić information content (AvgIpc) is 2.72. The lowest BCUT2D eigenvalue weighted by Crippen LogP contribution is -2.41. The van der Waals surface area contributed by atoms with Crippen LogP contribution < -0.4 is 10.9 Å². The molecule has 0 aliphatic carbocycles. The maximum atomic E-state index is 12.7. The zero-order valence-electron chi connectivity index (χ0n) is 17.2. The molecule has 2 heterocycles. The number of nitrogens with one attached hydrogen (secondary N) is 2. The summed E-state index contributed by atoms with van der Waals surface area (Å²) in [5.41, 5.74) is 3.77. The predicted octanol–water partition coefficient (Wildman–Crippen LogP) is 4.02. The van der Waals surface area contributed by atoms with Crippen molar-refractivity contribution >= 4 is 28.2 Å². The molecule has 0 aliphatic rings. The molecule has 1 aromatic carbocycles. The number of aromatic nitrogens is 2. The lowest BCUT2D eigenvalue weighted by atomic mass is 10.1. The second kappa shape index (κ2) is 9.65. The summed E-state index contributed by atoms with van der Waals surface area (Å²) in [5.74, 6) is 0.477. The first kappa shape index (κ1) is 21.0. The smallest absolute Gasteiger partial charge is 0.253 e. The van der Waals surface area contributed by atoms with Gasteiger partial charge in [0.2, 0.25) is 0 Å². The van der Waals surface area contributed by atoms with Crippen molar-refractivity contribution in [1.29, 1.82) is 0 Å². The second-order valence-electron chi connectivity index (χ2n) is 7.70. The topological polar surface area (TPSA) is 61.0 Å². The van der Waals surface area contributed by atoms with Crippen molar-refractivity contribution < 1.29 is 0 Å². The summed E-state index contributed by atoms with van der Waals surface area (Å²) < 4.78 is 0. The van der Waals surface area contributed by atoms with E-state index in [4.69, 9.17) is 12.2 Å². The van der Waals surface area contributed by atoms with Crippen molar-refractivity contribution in [2.75, 3.05) is 6.54 Å². The Morgan fingerprint density at radius 3 is 2.72 bits per heavy atom. The molecule has 0 unspecified atom stereocenters. The summed E-state index contributed by atoms with van der Waals surface area (Å²) in [5, 5.41) is 5.01. The van der Waals surface area contributed by atoms with Crippen LogP contribution in [0, 0.1) is 5.92 Å². The van der Waals surface area contributed by atoms with Gasteiger partial charge in [-0.1, -0.05) is 32.9 Å². The average molecular weight is 409 g/mol. The number of thiocarbonyl (C=S) groups is 1. The molecule has 152 valence electrons. The van der Waals surface area contributed by atoms with Crippen LogP contribution in [0.3, 0.4) is 0 Å². The fourth-order valence-corrected chi connectivity index (χ4v) is 3.37. The standard InChI is InChI=1S/C23H28N4OS/c1-4-17-7-8-21-19(10-17)11-20(22(28)26-21)15-27(23(29)25-12-16(2)3)14-18-6-5-9-24-13-18/h5-11,13,16H,4,12,14-15H2,1-3H3,(H,25,29)(H,26,28). The summed E-state index contributed by atoms with van der Waals surface area (Å²) in [6.45, 7) is 8.21. The van der Waals surface area contributed by atoms with Crippen molar-refractivity contribution in [2.24, 2.45) is 5.92 Å². The van der Waals surface area contributed by atoms with Crippen LogP contribution in [0.1, 0.15) is 37.5 Å². The van der Waals surface area contributed by atoms with E-state index in [1.165, 1.54) is 5.56 Å². The molecular formula is C23H28N4OS. The first-order valence-electron chi connectivity index (χ1n) is 10.0. The van der Waals surface area contributed by atoms with Crippen LogP contribution in [-0.4, -0.2) is 26.5 Å². The number of aryl methyl sites for hydroxylation is 1. The lowest BCUT2D eigenvalue weighted by Gasteiger charge is -2.26. The highest BCUT2D eigenvalue weighted by Crippen LogP contribution is 2.16. The monoisotopic (exact) mass is 408 g/mol. The predicted molar refractivity (Wildman–Crippen MR) is 123 cm³/mol. The molecule has 5 nitrogen and oxygen atoms in total. The summed E-state index contributed by atoms with van der Waals surface area (Å²) in [7, 11) is 0. The van der Waals surface area contributed by atoms with E-state index in [1.54, 1.807) is 6.20 Å².